The summed E-state index contributed by atoms with van der Waals surface area (Å²) < 4.78 is 20.2. The van der Waals surface area contributed by atoms with Gasteiger partial charge in [-0.15, -0.1) is 0 Å². The number of carboxylic acids is 1. The highest BCUT2D eigenvalue weighted by molar-refractivity contribution is 5.67. The van der Waals surface area contributed by atoms with Crippen molar-refractivity contribution in [1.29, 1.82) is 0 Å². The number of halogens is 1. The second-order valence-corrected chi connectivity index (χ2v) is 8.46. The largest absolute Gasteiger partial charge is 0.490 e. The number of aliphatic carboxylic acids is 1. The van der Waals surface area contributed by atoms with E-state index in [1.807, 2.05) is 6.07 Å². The van der Waals surface area contributed by atoms with E-state index < -0.39 is 5.97 Å². The quantitative estimate of drug-likeness (QED) is 0.831. The average Bonchev–Trinajstić information content (AvgIpc) is 3.44. The molecule has 2 aliphatic carbocycles. The molecule has 0 unspecified atom stereocenters. The number of anilines is 1. The number of carboxylic acid groups (broad SMARTS) is 1. The minimum absolute atomic E-state index is 0.172. The first-order valence-corrected chi connectivity index (χ1v) is 9.96. The van der Waals surface area contributed by atoms with Crippen molar-refractivity contribution >= 4 is 11.7 Å². The summed E-state index contributed by atoms with van der Waals surface area (Å²) in [5, 5.41) is 8.98. The number of hydrogen-bond acceptors (Lipinski definition) is 3. The van der Waals surface area contributed by atoms with Crippen molar-refractivity contribution in [2.24, 2.45) is 11.3 Å². The second-order valence-electron chi connectivity index (χ2n) is 8.46. The Morgan fingerprint density at radius 2 is 1.85 bits per heavy atom. The number of rotatable bonds is 5. The van der Waals surface area contributed by atoms with Gasteiger partial charge >= 0.3 is 5.97 Å². The first-order valence-electron chi connectivity index (χ1n) is 9.96. The fourth-order valence-electron chi connectivity index (χ4n) is 4.65. The van der Waals surface area contributed by atoms with Crippen LogP contribution in [-0.2, 0) is 4.79 Å². The highest BCUT2D eigenvalue weighted by Gasteiger charge is 2.38. The third-order valence-electron chi connectivity index (χ3n) is 6.54. The molecule has 4 nitrogen and oxygen atoms in total. The first kappa shape index (κ1) is 17.6. The summed E-state index contributed by atoms with van der Waals surface area (Å²) >= 11 is 0. The van der Waals surface area contributed by atoms with Crippen LogP contribution in [0.4, 0.5) is 10.1 Å². The molecule has 5 heteroatoms. The van der Waals surface area contributed by atoms with Crippen LogP contribution >= 0.6 is 0 Å². The SMILES string of the molecule is O=C(O)CC1CCC2(CC1)CCN(c1cc(OC3CC3)ccc1F)CC2. The number of ether oxygens (including phenoxy) is 1. The van der Waals surface area contributed by atoms with Crippen molar-refractivity contribution in [3.8, 4) is 5.75 Å². The van der Waals surface area contributed by atoms with Crippen LogP contribution in [0.25, 0.3) is 0 Å². The van der Waals surface area contributed by atoms with Crippen molar-refractivity contribution < 1.29 is 19.0 Å². The molecule has 4 rings (SSSR count). The molecule has 0 radical (unpaired) electrons. The molecule has 1 aliphatic heterocycles. The van der Waals surface area contributed by atoms with Crippen LogP contribution in [0, 0.1) is 17.2 Å². The van der Waals surface area contributed by atoms with Gasteiger partial charge in [-0.05, 0) is 74.8 Å². The Morgan fingerprint density at radius 1 is 1.15 bits per heavy atom. The Morgan fingerprint density at radius 3 is 2.46 bits per heavy atom. The molecule has 0 aromatic heterocycles. The molecule has 0 bridgehead atoms. The number of hydrogen-bond donors (Lipinski definition) is 1. The maximum absolute atomic E-state index is 14.4. The van der Waals surface area contributed by atoms with Gasteiger partial charge in [-0.25, -0.2) is 4.39 Å². The van der Waals surface area contributed by atoms with Crippen molar-refractivity contribution in [1.82, 2.24) is 0 Å². The van der Waals surface area contributed by atoms with E-state index in [9.17, 15) is 9.18 Å². The van der Waals surface area contributed by atoms with Crippen molar-refractivity contribution in [2.75, 3.05) is 18.0 Å². The zero-order chi connectivity index (χ0) is 18.1. The molecule has 0 atom stereocenters. The van der Waals surface area contributed by atoms with Gasteiger partial charge in [-0.1, -0.05) is 0 Å². The topological polar surface area (TPSA) is 49.8 Å². The molecule has 1 heterocycles. The highest BCUT2D eigenvalue weighted by atomic mass is 19.1. The summed E-state index contributed by atoms with van der Waals surface area (Å²) in [6, 6.07) is 5.11. The van der Waals surface area contributed by atoms with E-state index in [1.165, 1.54) is 6.07 Å². The van der Waals surface area contributed by atoms with Gasteiger partial charge in [-0.2, -0.15) is 0 Å². The molecule has 3 aliphatic rings. The summed E-state index contributed by atoms with van der Waals surface area (Å²) in [7, 11) is 0. The van der Waals surface area contributed by atoms with Crippen molar-refractivity contribution in [3.05, 3.63) is 24.0 Å². The molecular weight excluding hydrogens is 333 g/mol. The maximum atomic E-state index is 14.4. The van der Waals surface area contributed by atoms with Gasteiger partial charge in [-0.3, -0.25) is 4.79 Å². The molecule has 0 amide bonds. The zero-order valence-electron chi connectivity index (χ0n) is 15.3. The Labute approximate surface area is 154 Å². The first-order chi connectivity index (χ1) is 12.5. The van der Waals surface area contributed by atoms with Gasteiger partial charge in [0.2, 0.25) is 0 Å². The minimum Gasteiger partial charge on any atom is -0.490 e. The van der Waals surface area contributed by atoms with Gasteiger partial charge < -0.3 is 14.7 Å². The van der Waals surface area contributed by atoms with E-state index in [4.69, 9.17) is 9.84 Å². The Balaban J connectivity index is 1.36. The highest BCUT2D eigenvalue weighted by Crippen LogP contribution is 2.47. The summed E-state index contributed by atoms with van der Waals surface area (Å²) in [5.41, 5.74) is 1.00. The molecule has 142 valence electrons. The van der Waals surface area contributed by atoms with Crippen molar-refractivity contribution in [3.63, 3.8) is 0 Å². The van der Waals surface area contributed by atoms with Gasteiger partial charge in [0.1, 0.15) is 11.6 Å². The van der Waals surface area contributed by atoms with Gasteiger partial charge in [0.15, 0.2) is 0 Å². The summed E-state index contributed by atoms with van der Waals surface area (Å²) in [6.07, 6.45) is 9.23. The number of nitrogens with zero attached hydrogens (tertiary/aromatic N) is 1. The molecular formula is C21H28FNO3. The van der Waals surface area contributed by atoms with Crippen LogP contribution < -0.4 is 9.64 Å². The lowest BCUT2D eigenvalue weighted by Crippen LogP contribution is -2.42. The number of piperidine rings is 1. The third-order valence-corrected chi connectivity index (χ3v) is 6.54. The molecule has 1 N–H and O–H groups in total. The van der Waals surface area contributed by atoms with Crippen molar-refractivity contribution in [2.45, 2.75) is 63.9 Å². The fraction of sp³-hybridized carbons (Fsp3) is 0.667. The minimum atomic E-state index is -0.676. The van der Waals surface area contributed by atoms with Crippen LogP contribution in [0.3, 0.4) is 0 Å². The predicted octanol–water partition coefficient (Wildman–Crippen LogP) is 4.62. The van der Waals surface area contributed by atoms with E-state index in [2.05, 4.69) is 4.90 Å². The van der Waals surface area contributed by atoms with Crippen LogP contribution in [0.15, 0.2) is 18.2 Å². The van der Waals surface area contributed by atoms with E-state index in [-0.39, 0.29) is 5.82 Å². The maximum Gasteiger partial charge on any atom is 0.303 e. The van der Waals surface area contributed by atoms with Crippen LogP contribution in [-0.4, -0.2) is 30.3 Å². The summed E-state index contributed by atoms with van der Waals surface area (Å²) in [4.78, 5) is 13.1. The molecule has 1 aromatic carbocycles. The Kier molecular flexibility index (Phi) is 4.80. The summed E-state index contributed by atoms with van der Waals surface area (Å²) in [5.74, 6) is 0.266. The standard InChI is InChI=1S/C21H28FNO3/c22-18-4-3-17(26-16-1-2-16)14-19(18)23-11-9-21(10-12-23)7-5-15(6-8-21)13-20(24)25/h3-4,14-16H,1-2,5-13H2,(H,24,25). The summed E-state index contributed by atoms with van der Waals surface area (Å²) in [6.45, 7) is 1.74. The zero-order valence-corrected chi connectivity index (χ0v) is 15.3. The Hall–Kier alpha value is -1.78. The molecule has 2 saturated carbocycles. The average molecular weight is 361 g/mol. The van der Waals surface area contributed by atoms with Gasteiger partial charge in [0, 0.05) is 25.6 Å². The van der Waals surface area contributed by atoms with Crippen LogP contribution in [0.1, 0.15) is 57.8 Å². The molecule has 26 heavy (non-hydrogen) atoms. The molecule has 1 saturated heterocycles. The lowest BCUT2D eigenvalue weighted by atomic mass is 9.65. The van der Waals surface area contributed by atoms with Gasteiger partial charge in [0.25, 0.3) is 0 Å². The van der Waals surface area contributed by atoms with Crippen LogP contribution in [0.5, 0.6) is 5.75 Å². The lowest BCUT2D eigenvalue weighted by molar-refractivity contribution is -0.138. The number of carbonyl (C=O) groups is 1. The smallest absolute Gasteiger partial charge is 0.303 e. The van der Waals surface area contributed by atoms with E-state index >= 15 is 0 Å². The van der Waals surface area contributed by atoms with E-state index in [0.29, 0.717) is 29.5 Å². The second kappa shape index (κ2) is 7.09. The normalized spacial score (nSPS) is 23.2. The molecule has 1 spiro atoms. The monoisotopic (exact) mass is 361 g/mol. The fourth-order valence-corrected chi connectivity index (χ4v) is 4.65. The van der Waals surface area contributed by atoms with E-state index in [0.717, 1.165) is 70.2 Å². The number of benzene rings is 1. The predicted molar refractivity (Wildman–Crippen MR) is 98.1 cm³/mol. The van der Waals surface area contributed by atoms with E-state index in [1.54, 1.807) is 6.07 Å². The Bertz CT molecular complexity index is 655. The lowest BCUT2D eigenvalue weighted by Gasteiger charge is -2.46. The molecule has 3 fully saturated rings. The van der Waals surface area contributed by atoms with Gasteiger partial charge in [0.05, 0.1) is 11.8 Å². The van der Waals surface area contributed by atoms with Crippen LogP contribution in [0.2, 0.25) is 0 Å². The third kappa shape index (κ3) is 3.97. The molecule has 1 aromatic rings.